The van der Waals surface area contributed by atoms with Gasteiger partial charge < -0.3 is 14.2 Å². The number of carbonyl (C=O) groups excluding carboxylic acids is 1. The molecule has 116 valence electrons. The van der Waals surface area contributed by atoms with Gasteiger partial charge in [-0.05, 0) is 42.0 Å². The first-order valence-electron chi connectivity index (χ1n) is 7.05. The molecular formula is C18H14ClNO3. The first-order chi connectivity index (χ1) is 11.2. The molecule has 1 N–H and O–H groups in total. The molecule has 0 aliphatic carbocycles. The van der Waals surface area contributed by atoms with Crippen molar-refractivity contribution in [2.75, 3.05) is 0 Å². The van der Waals surface area contributed by atoms with Crippen LogP contribution in [-0.2, 0) is 11.3 Å². The molecule has 0 spiro atoms. The lowest BCUT2D eigenvalue weighted by Crippen LogP contribution is -2.19. The zero-order valence-electron chi connectivity index (χ0n) is 12.2. The number of benzene rings is 1. The second kappa shape index (κ2) is 7.03. The predicted molar refractivity (Wildman–Crippen MR) is 88.7 cm³/mol. The molecule has 1 amide bonds. The van der Waals surface area contributed by atoms with Crippen LogP contribution in [0.3, 0.4) is 0 Å². The second-order valence-corrected chi connectivity index (χ2v) is 5.22. The molecule has 0 saturated heterocycles. The van der Waals surface area contributed by atoms with Crippen LogP contribution in [0.2, 0.25) is 5.02 Å². The highest BCUT2D eigenvalue weighted by Gasteiger charge is 2.07. The highest BCUT2D eigenvalue weighted by Crippen LogP contribution is 2.22. The van der Waals surface area contributed by atoms with E-state index in [0.29, 0.717) is 28.8 Å². The number of amides is 1. The van der Waals surface area contributed by atoms with Crippen molar-refractivity contribution in [1.82, 2.24) is 5.32 Å². The smallest absolute Gasteiger partial charge is 0.244 e. The first kappa shape index (κ1) is 15.2. The zero-order valence-corrected chi connectivity index (χ0v) is 12.9. The highest BCUT2D eigenvalue weighted by atomic mass is 35.5. The van der Waals surface area contributed by atoms with Crippen molar-refractivity contribution in [3.63, 3.8) is 0 Å². The first-order valence-corrected chi connectivity index (χ1v) is 7.43. The summed E-state index contributed by atoms with van der Waals surface area (Å²) >= 11 is 6.03. The zero-order chi connectivity index (χ0) is 16.1. The third-order valence-electron chi connectivity index (χ3n) is 3.18. The lowest BCUT2D eigenvalue weighted by atomic mass is 10.2. The molecule has 3 aromatic rings. The summed E-state index contributed by atoms with van der Waals surface area (Å²) in [7, 11) is 0. The number of halogens is 1. The predicted octanol–water partition coefficient (Wildman–Crippen LogP) is 4.52. The Morgan fingerprint density at radius 1 is 1.09 bits per heavy atom. The molecule has 5 heteroatoms. The van der Waals surface area contributed by atoms with E-state index in [0.717, 1.165) is 5.56 Å². The van der Waals surface area contributed by atoms with E-state index in [-0.39, 0.29) is 5.91 Å². The van der Waals surface area contributed by atoms with Crippen LogP contribution in [0.5, 0.6) is 0 Å². The average Bonchev–Trinajstić information content (AvgIpc) is 3.23. The van der Waals surface area contributed by atoms with Crippen molar-refractivity contribution in [2.45, 2.75) is 6.54 Å². The molecule has 3 rings (SSSR count). The number of carbonyl (C=O) groups is 1. The Balaban J connectivity index is 1.56. The van der Waals surface area contributed by atoms with Gasteiger partial charge in [0.25, 0.3) is 0 Å². The summed E-state index contributed by atoms with van der Waals surface area (Å²) in [5.41, 5.74) is 0.794. The van der Waals surface area contributed by atoms with Gasteiger partial charge in [-0.15, -0.1) is 0 Å². The van der Waals surface area contributed by atoms with Crippen LogP contribution < -0.4 is 5.32 Å². The molecule has 4 nitrogen and oxygen atoms in total. The molecule has 23 heavy (non-hydrogen) atoms. The van der Waals surface area contributed by atoms with Gasteiger partial charge >= 0.3 is 0 Å². The Hall–Kier alpha value is -2.72. The monoisotopic (exact) mass is 327 g/mol. The third-order valence-corrected chi connectivity index (χ3v) is 3.53. The Morgan fingerprint density at radius 3 is 2.74 bits per heavy atom. The van der Waals surface area contributed by atoms with E-state index in [1.54, 1.807) is 36.6 Å². The van der Waals surface area contributed by atoms with Crippen molar-refractivity contribution in [2.24, 2.45) is 0 Å². The molecule has 0 fully saturated rings. The molecule has 0 atom stereocenters. The summed E-state index contributed by atoms with van der Waals surface area (Å²) in [6.45, 7) is 0.298. The minimum Gasteiger partial charge on any atom is -0.461 e. The fraction of sp³-hybridized carbons (Fsp3) is 0.0556. The summed E-state index contributed by atoms with van der Waals surface area (Å²) in [6, 6.07) is 14.5. The number of hydrogen-bond donors (Lipinski definition) is 1. The van der Waals surface area contributed by atoms with Gasteiger partial charge in [0.05, 0.1) is 12.8 Å². The largest absolute Gasteiger partial charge is 0.461 e. The molecule has 0 aliphatic rings. The maximum atomic E-state index is 11.8. The summed E-state index contributed by atoms with van der Waals surface area (Å²) in [5.74, 6) is 1.71. The molecule has 2 heterocycles. The highest BCUT2D eigenvalue weighted by molar-refractivity contribution is 6.32. The van der Waals surface area contributed by atoms with Gasteiger partial charge in [0.2, 0.25) is 5.91 Å². The van der Waals surface area contributed by atoms with Crippen LogP contribution in [0.4, 0.5) is 0 Å². The van der Waals surface area contributed by atoms with Gasteiger partial charge in [-0.2, -0.15) is 0 Å². The van der Waals surface area contributed by atoms with Gasteiger partial charge in [-0.1, -0.05) is 29.8 Å². The minimum absolute atomic E-state index is 0.221. The number of rotatable bonds is 5. The molecule has 0 saturated carbocycles. The van der Waals surface area contributed by atoms with Crippen LogP contribution in [0.15, 0.2) is 69.7 Å². The lowest BCUT2D eigenvalue weighted by molar-refractivity contribution is -0.116. The van der Waals surface area contributed by atoms with Crippen molar-refractivity contribution in [3.05, 3.63) is 77.2 Å². The van der Waals surface area contributed by atoms with Crippen molar-refractivity contribution in [1.29, 1.82) is 0 Å². The van der Waals surface area contributed by atoms with E-state index in [2.05, 4.69) is 5.32 Å². The minimum atomic E-state index is -0.221. The quantitative estimate of drug-likeness (QED) is 0.701. The van der Waals surface area contributed by atoms with E-state index >= 15 is 0 Å². The normalized spacial score (nSPS) is 11.0. The second-order valence-electron chi connectivity index (χ2n) is 4.82. The van der Waals surface area contributed by atoms with E-state index in [1.165, 1.54) is 6.08 Å². The Morgan fingerprint density at radius 2 is 1.96 bits per heavy atom. The van der Waals surface area contributed by atoms with Crippen molar-refractivity contribution >= 4 is 23.6 Å². The molecular weight excluding hydrogens is 314 g/mol. The fourth-order valence-corrected chi connectivity index (χ4v) is 2.23. The lowest BCUT2D eigenvalue weighted by Gasteiger charge is -2.00. The molecule has 0 unspecified atom stereocenters. The summed E-state index contributed by atoms with van der Waals surface area (Å²) in [5, 5.41) is 3.36. The maximum absolute atomic E-state index is 11.8. The van der Waals surface area contributed by atoms with Crippen molar-refractivity contribution in [3.8, 4) is 11.5 Å². The molecule has 1 aromatic carbocycles. The molecule has 0 aliphatic heterocycles. The summed E-state index contributed by atoms with van der Waals surface area (Å²) in [4.78, 5) is 11.8. The Kier molecular flexibility index (Phi) is 4.64. The van der Waals surface area contributed by atoms with Crippen LogP contribution in [0.25, 0.3) is 17.6 Å². The van der Waals surface area contributed by atoms with Crippen LogP contribution in [-0.4, -0.2) is 5.91 Å². The van der Waals surface area contributed by atoms with E-state index < -0.39 is 0 Å². The number of hydrogen-bond acceptors (Lipinski definition) is 3. The third kappa shape index (κ3) is 3.93. The van der Waals surface area contributed by atoms with E-state index in [4.69, 9.17) is 20.4 Å². The van der Waals surface area contributed by atoms with Crippen LogP contribution in [0.1, 0.15) is 11.3 Å². The van der Waals surface area contributed by atoms with Crippen molar-refractivity contribution < 1.29 is 13.6 Å². The standard InChI is InChI=1S/C18H14ClNO3/c19-15-5-2-1-4-13(15)7-10-18(21)20-12-14-8-9-17(23-14)16-6-3-11-22-16/h1-11H,12H2,(H,20,21). The molecule has 0 bridgehead atoms. The van der Waals surface area contributed by atoms with Gasteiger partial charge in [0.1, 0.15) is 5.76 Å². The fourth-order valence-electron chi connectivity index (χ4n) is 2.03. The topological polar surface area (TPSA) is 55.4 Å². The number of furan rings is 2. The van der Waals surface area contributed by atoms with Gasteiger partial charge in [0, 0.05) is 11.1 Å². The maximum Gasteiger partial charge on any atom is 0.244 e. The molecule has 0 radical (unpaired) electrons. The average molecular weight is 328 g/mol. The van der Waals surface area contributed by atoms with Gasteiger partial charge in [0.15, 0.2) is 11.5 Å². The summed E-state index contributed by atoms with van der Waals surface area (Å²) < 4.78 is 10.9. The van der Waals surface area contributed by atoms with Crippen LogP contribution >= 0.6 is 11.6 Å². The number of nitrogens with one attached hydrogen (secondary N) is 1. The van der Waals surface area contributed by atoms with Gasteiger partial charge in [-0.25, -0.2) is 0 Å². The molecule has 2 aromatic heterocycles. The van der Waals surface area contributed by atoms with Crippen LogP contribution in [0, 0.1) is 0 Å². The van der Waals surface area contributed by atoms with E-state index in [1.807, 2.05) is 24.3 Å². The Bertz CT molecular complexity index is 818. The van der Waals surface area contributed by atoms with E-state index in [9.17, 15) is 4.79 Å². The summed E-state index contributed by atoms with van der Waals surface area (Å²) in [6.07, 6.45) is 4.70. The Labute approximate surface area is 138 Å². The van der Waals surface area contributed by atoms with Gasteiger partial charge in [-0.3, -0.25) is 4.79 Å². The SMILES string of the molecule is O=C(C=Cc1ccccc1Cl)NCc1ccc(-c2ccco2)o1.